The third-order valence-corrected chi connectivity index (χ3v) is 6.85. The zero-order valence-electron chi connectivity index (χ0n) is 13.7. The van der Waals surface area contributed by atoms with Gasteiger partial charge >= 0.3 is 5.97 Å². The lowest BCUT2D eigenvalue weighted by Gasteiger charge is -2.28. The summed E-state index contributed by atoms with van der Waals surface area (Å²) in [7, 11) is 0. The van der Waals surface area contributed by atoms with E-state index >= 15 is 0 Å². The first-order chi connectivity index (χ1) is 11.1. The van der Waals surface area contributed by atoms with Gasteiger partial charge in [0.1, 0.15) is 0 Å². The number of carboxylic acids is 1. The summed E-state index contributed by atoms with van der Waals surface area (Å²) in [5.41, 5.74) is 0.522. The van der Waals surface area contributed by atoms with Crippen LogP contribution in [-0.2, 0) is 11.3 Å². The van der Waals surface area contributed by atoms with Gasteiger partial charge in [-0.3, -0.25) is 14.6 Å². The van der Waals surface area contributed by atoms with E-state index in [9.17, 15) is 9.90 Å². The van der Waals surface area contributed by atoms with Crippen LogP contribution in [0.15, 0.2) is 5.38 Å². The molecule has 1 unspecified atom stereocenters. The third-order valence-electron chi connectivity index (χ3n) is 6.03. The van der Waals surface area contributed by atoms with Crippen LogP contribution >= 0.6 is 11.3 Å². The van der Waals surface area contributed by atoms with Crippen molar-refractivity contribution in [3.05, 3.63) is 16.1 Å². The normalized spacial score (nSPS) is 32.7. The van der Waals surface area contributed by atoms with Crippen LogP contribution in [0.4, 0.5) is 0 Å². The first kappa shape index (κ1) is 15.5. The van der Waals surface area contributed by atoms with Crippen LogP contribution in [0.3, 0.4) is 0 Å². The second kappa shape index (κ2) is 5.83. The lowest BCUT2D eigenvalue weighted by atomic mass is 9.81. The number of hydrogen-bond acceptors (Lipinski definition) is 5. The monoisotopic (exact) mass is 335 g/mol. The van der Waals surface area contributed by atoms with Gasteiger partial charge in [0, 0.05) is 50.1 Å². The van der Waals surface area contributed by atoms with Crippen LogP contribution in [0, 0.1) is 18.3 Å². The van der Waals surface area contributed by atoms with E-state index in [1.165, 1.54) is 25.7 Å². The molecule has 23 heavy (non-hydrogen) atoms. The van der Waals surface area contributed by atoms with E-state index in [1.807, 2.05) is 6.92 Å². The predicted molar refractivity (Wildman–Crippen MR) is 89.5 cm³/mol. The number of fused-ring (bicyclic) bond motifs is 1. The molecule has 0 bridgehead atoms. The highest BCUT2D eigenvalue weighted by atomic mass is 32.1. The van der Waals surface area contributed by atoms with E-state index in [0.29, 0.717) is 12.6 Å². The lowest BCUT2D eigenvalue weighted by Crippen LogP contribution is -2.42. The molecule has 5 nitrogen and oxygen atoms in total. The van der Waals surface area contributed by atoms with Gasteiger partial charge in [0.25, 0.3) is 0 Å². The van der Waals surface area contributed by atoms with Gasteiger partial charge in [0.2, 0.25) is 0 Å². The van der Waals surface area contributed by atoms with Gasteiger partial charge in [-0.25, -0.2) is 4.98 Å². The zero-order chi connectivity index (χ0) is 16.0. The molecule has 3 fully saturated rings. The molecule has 2 atom stereocenters. The van der Waals surface area contributed by atoms with Crippen molar-refractivity contribution >= 4 is 17.3 Å². The number of hydrogen-bond donors (Lipinski definition) is 1. The van der Waals surface area contributed by atoms with Gasteiger partial charge < -0.3 is 5.11 Å². The third kappa shape index (κ3) is 2.71. The fourth-order valence-electron chi connectivity index (χ4n) is 4.89. The largest absolute Gasteiger partial charge is 0.481 e. The molecule has 4 rings (SSSR count). The summed E-state index contributed by atoms with van der Waals surface area (Å²) in [6.07, 6.45) is 5.12. The van der Waals surface area contributed by atoms with Crippen LogP contribution in [0.5, 0.6) is 0 Å². The van der Waals surface area contributed by atoms with E-state index in [-0.39, 0.29) is 5.92 Å². The van der Waals surface area contributed by atoms with Crippen molar-refractivity contribution in [2.45, 2.75) is 45.2 Å². The Morgan fingerprint density at radius 3 is 2.78 bits per heavy atom. The highest BCUT2D eigenvalue weighted by molar-refractivity contribution is 7.09. The molecule has 1 aliphatic carbocycles. The molecular weight excluding hydrogens is 310 g/mol. The minimum Gasteiger partial charge on any atom is -0.481 e. The number of aliphatic carboxylic acids is 1. The molecule has 1 aromatic heterocycles. The maximum absolute atomic E-state index is 12.1. The fraction of sp³-hybridized carbons (Fsp3) is 0.765. The molecule has 2 saturated heterocycles. The van der Waals surface area contributed by atoms with Gasteiger partial charge in [-0.05, 0) is 19.8 Å². The molecule has 1 N–H and O–H groups in total. The second-order valence-corrected chi connectivity index (χ2v) is 8.62. The van der Waals surface area contributed by atoms with Gasteiger partial charge in [-0.1, -0.05) is 12.8 Å². The van der Waals surface area contributed by atoms with Crippen molar-refractivity contribution in [3.8, 4) is 0 Å². The van der Waals surface area contributed by atoms with Crippen LogP contribution in [-0.4, -0.2) is 58.1 Å². The number of likely N-dealkylation sites (tertiary alicyclic amines) is 2. The summed E-state index contributed by atoms with van der Waals surface area (Å²) < 4.78 is 0. The second-order valence-electron chi connectivity index (χ2n) is 7.55. The Morgan fingerprint density at radius 1 is 1.39 bits per heavy atom. The molecule has 0 radical (unpaired) electrons. The van der Waals surface area contributed by atoms with Gasteiger partial charge in [0.05, 0.1) is 16.1 Å². The molecule has 1 saturated carbocycles. The summed E-state index contributed by atoms with van der Waals surface area (Å²) >= 11 is 1.67. The van der Waals surface area contributed by atoms with Crippen molar-refractivity contribution in [2.24, 2.45) is 11.3 Å². The van der Waals surface area contributed by atoms with E-state index in [2.05, 4.69) is 20.2 Å². The van der Waals surface area contributed by atoms with Crippen molar-refractivity contribution in [2.75, 3.05) is 26.2 Å². The average molecular weight is 335 g/mol. The Hall–Kier alpha value is -0.980. The number of aryl methyl sites for hydroxylation is 1. The quantitative estimate of drug-likeness (QED) is 0.914. The fourth-order valence-corrected chi connectivity index (χ4v) is 5.49. The highest BCUT2D eigenvalue weighted by Gasteiger charge is 2.58. The Kier molecular flexibility index (Phi) is 3.94. The van der Waals surface area contributed by atoms with Crippen LogP contribution in [0.1, 0.15) is 36.4 Å². The predicted octanol–water partition coefficient (Wildman–Crippen LogP) is 2.21. The molecule has 0 aromatic carbocycles. The Balaban J connectivity index is 1.47. The van der Waals surface area contributed by atoms with Gasteiger partial charge in [-0.15, -0.1) is 11.3 Å². The number of carboxylic acid groups (broad SMARTS) is 1. The summed E-state index contributed by atoms with van der Waals surface area (Å²) in [4.78, 5) is 21.4. The molecule has 6 heteroatoms. The van der Waals surface area contributed by atoms with Crippen molar-refractivity contribution in [3.63, 3.8) is 0 Å². The summed E-state index contributed by atoms with van der Waals surface area (Å²) in [6, 6.07) is 0.631. The molecular formula is C17H25N3O2S. The van der Waals surface area contributed by atoms with Crippen LogP contribution in [0.25, 0.3) is 0 Å². The van der Waals surface area contributed by atoms with Crippen LogP contribution < -0.4 is 0 Å². The molecule has 1 aromatic rings. The van der Waals surface area contributed by atoms with Crippen LogP contribution in [0.2, 0.25) is 0 Å². The number of rotatable bonds is 4. The maximum Gasteiger partial charge on any atom is 0.312 e. The standard InChI is InChI=1S/C17H25N3O2S/c1-12-18-14(9-23-12)8-19-6-13-7-20(15-4-2-3-5-15)11-17(13,10-19)16(21)22/h9,13,15H,2-8,10-11H2,1H3,(H,21,22)/t13?,17-/m1/s1. The van der Waals surface area contributed by atoms with Gasteiger partial charge in [0.15, 0.2) is 0 Å². The summed E-state index contributed by atoms with van der Waals surface area (Å²) in [5.74, 6) is -0.333. The average Bonchev–Trinajstić information content (AvgIpc) is 3.21. The Labute approximate surface area is 141 Å². The first-order valence-electron chi connectivity index (χ1n) is 8.68. The van der Waals surface area contributed by atoms with Crippen molar-refractivity contribution in [1.82, 2.24) is 14.8 Å². The molecule has 3 aliphatic rings. The Bertz CT molecular complexity index is 598. The topological polar surface area (TPSA) is 56.7 Å². The number of nitrogens with zero attached hydrogens (tertiary/aromatic N) is 3. The first-order valence-corrected chi connectivity index (χ1v) is 9.55. The van der Waals surface area contributed by atoms with E-state index in [4.69, 9.17) is 0 Å². The smallest absolute Gasteiger partial charge is 0.312 e. The minimum atomic E-state index is -0.597. The minimum absolute atomic E-state index is 0.264. The Morgan fingerprint density at radius 2 is 2.17 bits per heavy atom. The maximum atomic E-state index is 12.1. The lowest BCUT2D eigenvalue weighted by molar-refractivity contribution is -0.149. The summed E-state index contributed by atoms with van der Waals surface area (Å²) in [5, 5.41) is 13.1. The number of aromatic nitrogens is 1. The SMILES string of the molecule is Cc1nc(CN2CC3CN(C4CCCC4)C[C@]3(C(=O)O)C2)cs1. The molecule has 126 valence electrons. The van der Waals surface area contributed by atoms with E-state index in [1.54, 1.807) is 11.3 Å². The molecule has 3 heterocycles. The van der Waals surface area contributed by atoms with Gasteiger partial charge in [-0.2, -0.15) is 0 Å². The number of thiazole rings is 1. The van der Waals surface area contributed by atoms with Crippen molar-refractivity contribution < 1.29 is 9.90 Å². The van der Waals surface area contributed by atoms with E-state index < -0.39 is 11.4 Å². The zero-order valence-corrected chi connectivity index (χ0v) is 14.5. The van der Waals surface area contributed by atoms with Crippen molar-refractivity contribution in [1.29, 1.82) is 0 Å². The number of carbonyl (C=O) groups is 1. The summed E-state index contributed by atoms with van der Waals surface area (Å²) in [6.45, 7) is 6.08. The molecule has 0 amide bonds. The van der Waals surface area contributed by atoms with E-state index in [0.717, 1.165) is 36.9 Å². The molecule has 2 aliphatic heterocycles. The highest BCUT2D eigenvalue weighted by Crippen LogP contribution is 2.45. The molecule has 0 spiro atoms.